The molecule has 4 heterocycles. The third kappa shape index (κ3) is 5.59. The highest BCUT2D eigenvalue weighted by Crippen LogP contribution is 2.37. The molecular formula is C27H32FN5O6. The summed E-state index contributed by atoms with van der Waals surface area (Å²) in [4.78, 5) is 45.0. The van der Waals surface area contributed by atoms with Gasteiger partial charge in [0.05, 0.1) is 41.8 Å². The number of anilines is 2. The third-order valence-electron chi connectivity index (χ3n) is 7.23. The van der Waals surface area contributed by atoms with Crippen LogP contribution >= 0.6 is 0 Å². The molecule has 39 heavy (non-hydrogen) atoms. The largest absolute Gasteiger partial charge is 0.390 e. The molecule has 1 aromatic carbocycles. The average Bonchev–Trinajstić information content (AvgIpc) is 3.37. The number of benzene rings is 1. The van der Waals surface area contributed by atoms with Crippen molar-refractivity contribution in [2.45, 2.75) is 19.4 Å². The molecule has 0 bridgehead atoms. The highest BCUT2D eigenvalue weighted by molar-refractivity contribution is 6.35. The Morgan fingerprint density at radius 1 is 1.26 bits per heavy atom. The van der Waals surface area contributed by atoms with Crippen molar-refractivity contribution in [1.29, 1.82) is 0 Å². The molecule has 208 valence electrons. The Labute approximate surface area is 224 Å². The number of carbonyl (C=O) groups is 3. The van der Waals surface area contributed by atoms with Crippen molar-refractivity contribution >= 4 is 40.7 Å². The lowest BCUT2D eigenvalue weighted by molar-refractivity contribution is -0.119. The van der Waals surface area contributed by atoms with Gasteiger partial charge in [-0.05, 0) is 30.7 Å². The minimum Gasteiger partial charge on any atom is -0.390 e. The molecule has 3 aliphatic heterocycles. The summed E-state index contributed by atoms with van der Waals surface area (Å²) in [6.07, 6.45) is 1.52. The predicted octanol–water partition coefficient (Wildman–Crippen LogP) is 1.23. The molecule has 2 aromatic rings. The number of carbonyl (C=O) groups excluding carboxylic acids is 3. The zero-order chi connectivity index (χ0) is 27.7. The molecule has 12 heteroatoms. The van der Waals surface area contributed by atoms with Crippen molar-refractivity contribution in [3.63, 3.8) is 0 Å². The Balaban J connectivity index is 1.34. The van der Waals surface area contributed by atoms with E-state index in [1.54, 1.807) is 17.9 Å². The van der Waals surface area contributed by atoms with E-state index in [9.17, 15) is 23.9 Å². The minimum atomic E-state index is -0.690. The number of aromatic nitrogens is 1. The lowest BCUT2D eigenvalue weighted by Gasteiger charge is -2.32. The van der Waals surface area contributed by atoms with Crippen molar-refractivity contribution in [3.05, 3.63) is 46.0 Å². The van der Waals surface area contributed by atoms with Gasteiger partial charge in [-0.2, -0.15) is 0 Å². The smallest absolute Gasteiger partial charge is 0.256 e. The van der Waals surface area contributed by atoms with E-state index in [1.807, 2.05) is 0 Å². The number of morpholine rings is 1. The van der Waals surface area contributed by atoms with E-state index in [0.29, 0.717) is 60.8 Å². The van der Waals surface area contributed by atoms with Crippen LogP contribution in [0.2, 0.25) is 0 Å². The van der Waals surface area contributed by atoms with Crippen LogP contribution in [0.25, 0.3) is 11.6 Å². The van der Waals surface area contributed by atoms with Crippen LogP contribution < -0.4 is 10.6 Å². The molecule has 0 aliphatic carbocycles. The summed E-state index contributed by atoms with van der Waals surface area (Å²) < 4.78 is 24.9. The number of hydrogen-bond acceptors (Lipinski definition) is 7. The number of fused-ring (bicyclic) bond motifs is 2. The topological polar surface area (TPSA) is 136 Å². The Morgan fingerprint density at radius 2 is 2.03 bits per heavy atom. The molecule has 1 saturated heterocycles. The quantitative estimate of drug-likeness (QED) is 0.369. The fourth-order valence-electron chi connectivity index (χ4n) is 5.29. The molecule has 3 aliphatic rings. The van der Waals surface area contributed by atoms with E-state index < -0.39 is 23.7 Å². The second kappa shape index (κ2) is 11.3. The van der Waals surface area contributed by atoms with Crippen molar-refractivity contribution in [3.8, 4) is 0 Å². The normalized spacial score (nSPS) is 19.2. The van der Waals surface area contributed by atoms with Gasteiger partial charge in [0.25, 0.3) is 11.8 Å². The molecule has 0 radical (unpaired) electrons. The van der Waals surface area contributed by atoms with Crippen LogP contribution in [0.5, 0.6) is 0 Å². The molecule has 0 spiro atoms. The molecule has 5 rings (SSSR count). The molecule has 1 aromatic heterocycles. The predicted molar refractivity (Wildman–Crippen MR) is 142 cm³/mol. The van der Waals surface area contributed by atoms with E-state index in [4.69, 9.17) is 9.47 Å². The first-order valence-electron chi connectivity index (χ1n) is 12.9. The summed E-state index contributed by atoms with van der Waals surface area (Å²) in [7, 11) is 1.36. The molecule has 1 fully saturated rings. The Hall–Kier alpha value is -3.58. The number of methoxy groups -OCH3 is 1. The molecule has 11 nitrogen and oxygen atoms in total. The number of halogens is 1. The van der Waals surface area contributed by atoms with Crippen molar-refractivity contribution in [1.82, 2.24) is 14.8 Å². The first-order chi connectivity index (χ1) is 18.7. The van der Waals surface area contributed by atoms with Crippen molar-refractivity contribution < 1.29 is 33.4 Å². The van der Waals surface area contributed by atoms with Crippen LogP contribution in [-0.4, -0.2) is 103 Å². The van der Waals surface area contributed by atoms with Gasteiger partial charge < -0.3 is 35.1 Å². The second-order valence-corrected chi connectivity index (χ2v) is 9.96. The van der Waals surface area contributed by atoms with Gasteiger partial charge >= 0.3 is 0 Å². The van der Waals surface area contributed by atoms with Crippen LogP contribution in [0.1, 0.15) is 32.9 Å². The highest BCUT2D eigenvalue weighted by atomic mass is 19.1. The number of ether oxygens (including phenoxy) is 2. The number of β-amino-alcohol motifs (C(OH)–C–C–N with tert-alkyl or cyclic N) is 1. The second-order valence-electron chi connectivity index (χ2n) is 9.96. The van der Waals surface area contributed by atoms with Gasteiger partial charge in [0.15, 0.2) is 0 Å². The number of H-pyrrole nitrogens is 1. The Bertz CT molecular complexity index is 1330. The third-order valence-corrected chi connectivity index (χ3v) is 7.23. The zero-order valence-electron chi connectivity index (χ0n) is 21.9. The molecular weight excluding hydrogens is 509 g/mol. The lowest BCUT2D eigenvalue weighted by Crippen LogP contribution is -2.47. The van der Waals surface area contributed by atoms with Gasteiger partial charge in [0.1, 0.15) is 12.4 Å². The number of aromatic amines is 1. The van der Waals surface area contributed by atoms with Gasteiger partial charge in [0.2, 0.25) is 5.91 Å². The molecule has 4 N–H and O–H groups in total. The summed E-state index contributed by atoms with van der Waals surface area (Å²) in [5, 5.41) is 15.8. The maximum absolute atomic E-state index is 14.8. The van der Waals surface area contributed by atoms with Crippen LogP contribution in [-0.2, 0) is 25.5 Å². The SMILES string of the molecule is COCC(=O)Nc1cc2c(cc1F)/C(=C/c1[nH]c3c(c1C)C(=O)N(C[C@H](O)CN1CCOCC1)CC3)C(=O)N2. The molecule has 1 atom stereocenters. The summed E-state index contributed by atoms with van der Waals surface area (Å²) in [5.74, 6) is -1.80. The van der Waals surface area contributed by atoms with E-state index in [1.165, 1.54) is 19.2 Å². The lowest BCUT2D eigenvalue weighted by atomic mass is 10.0. The standard InChI is InChI=1S/C27H32FN5O6/c1-15-21(10-18-17-9-19(28)23(30-24(35)14-38-2)11-22(17)31-26(18)36)29-20-3-4-33(27(37)25(15)20)13-16(34)12-32-5-7-39-8-6-32/h9-11,16,29,34H,3-8,12-14H2,1-2H3,(H,30,35)(H,31,36)/b18-10-/t16-/m1/s1. The van der Waals surface area contributed by atoms with Gasteiger partial charge in [-0.25, -0.2) is 4.39 Å². The van der Waals surface area contributed by atoms with Gasteiger partial charge in [-0.15, -0.1) is 0 Å². The maximum atomic E-state index is 14.8. The average molecular weight is 542 g/mol. The summed E-state index contributed by atoms with van der Waals surface area (Å²) in [6.45, 7) is 5.55. The molecule has 0 unspecified atom stereocenters. The fourth-order valence-corrected chi connectivity index (χ4v) is 5.29. The molecule has 0 saturated carbocycles. The van der Waals surface area contributed by atoms with Crippen LogP contribution in [0, 0.1) is 12.7 Å². The number of aliphatic hydroxyl groups excluding tert-OH is 1. The van der Waals surface area contributed by atoms with Crippen molar-refractivity contribution in [2.75, 3.05) is 70.3 Å². The maximum Gasteiger partial charge on any atom is 0.256 e. The van der Waals surface area contributed by atoms with Crippen LogP contribution in [0.15, 0.2) is 12.1 Å². The fraction of sp³-hybridized carbons (Fsp3) is 0.444. The van der Waals surface area contributed by atoms with E-state index in [2.05, 4.69) is 20.5 Å². The summed E-state index contributed by atoms with van der Waals surface area (Å²) in [6, 6.07) is 2.57. The number of rotatable bonds is 8. The highest BCUT2D eigenvalue weighted by Gasteiger charge is 2.32. The number of nitrogens with zero attached hydrogens (tertiary/aromatic N) is 2. The van der Waals surface area contributed by atoms with E-state index in [0.717, 1.165) is 18.8 Å². The Morgan fingerprint density at radius 3 is 2.77 bits per heavy atom. The van der Waals surface area contributed by atoms with E-state index >= 15 is 0 Å². The zero-order valence-corrected chi connectivity index (χ0v) is 21.9. The van der Waals surface area contributed by atoms with Crippen LogP contribution in [0.4, 0.5) is 15.8 Å². The van der Waals surface area contributed by atoms with Gasteiger partial charge in [-0.3, -0.25) is 19.3 Å². The first-order valence-corrected chi connectivity index (χ1v) is 12.9. The van der Waals surface area contributed by atoms with Crippen molar-refractivity contribution in [2.24, 2.45) is 0 Å². The van der Waals surface area contributed by atoms with E-state index in [-0.39, 0.29) is 30.3 Å². The van der Waals surface area contributed by atoms with Gasteiger partial charge in [0, 0.05) is 63.2 Å². The van der Waals surface area contributed by atoms with Gasteiger partial charge in [-0.1, -0.05) is 0 Å². The number of nitrogens with one attached hydrogen (secondary N) is 3. The number of aliphatic hydroxyl groups is 1. The summed E-state index contributed by atoms with van der Waals surface area (Å²) >= 11 is 0. The number of amides is 3. The summed E-state index contributed by atoms with van der Waals surface area (Å²) in [5.41, 5.74) is 3.46. The number of hydrogen-bond donors (Lipinski definition) is 4. The van der Waals surface area contributed by atoms with Crippen LogP contribution in [0.3, 0.4) is 0 Å². The minimum absolute atomic E-state index is 0.0645. The Kier molecular flexibility index (Phi) is 7.80. The first kappa shape index (κ1) is 27.0. The molecule has 3 amide bonds. The monoisotopic (exact) mass is 541 g/mol.